The minimum atomic E-state index is -3.65. The lowest BCUT2D eigenvalue weighted by molar-refractivity contribution is 0.0767. The number of hydrogen-bond donors (Lipinski definition) is 0. The van der Waals surface area contributed by atoms with E-state index in [9.17, 15) is 13.2 Å². The van der Waals surface area contributed by atoms with Gasteiger partial charge in [0.05, 0.1) is 22.1 Å². The van der Waals surface area contributed by atoms with E-state index >= 15 is 0 Å². The van der Waals surface area contributed by atoms with Crippen LogP contribution in [-0.4, -0.2) is 76.9 Å². The quantitative estimate of drug-likeness (QED) is 0.653. The molecular formula is C25H31N5O3S. The number of hydrogen-bond acceptors (Lipinski definition) is 6. The van der Waals surface area contributed by atoms with Gasteiger partial charge in [-0.1, -0.05) is 0 Å². The van der Waals surface area contributed by atoms with Crippen LogP contribution in [0.3, 0.4) is 0 Å². The third-order valence-electron chi connectivity index (χ3n) is 6.57. The van der Waals surface area contributed by atoms with Gasteiger partial charge in [0.1, 0.15) is 0 Å². The third-order valence-corrected chi connectivity index (χ3v) is 8.38. The van der Waals surface area contributed by atoms with Gasteiger partial charge in [-0.15, -0.1) is 0 Å². The average molecular weight is 482 g/mol. The Morgan fingerprint density at radius 1 is 0.882 bits per heavy atom. The average Bonchev–Trinajstić information content (AvgIpc) is 3.27. The van der Waals surface area contributed by atoms with Crippen LogP contribution in [-0.2, 0) is 10.0 Å². The van der Waals surface area contributed by atoms with Gasteiger partial charge in [0.25, 0.3) is 5.91 Å². The van der Waals surface area contributed by atoms with Crippen LogP contribution in [0.25, 0.3) is 0 Å². The Morgan fingerprint density at radius 2 is 1.56 bits per heavy atom. The molecule has 0 bridgehead atoms. The molecule has 0 unspecified atom stereocenters. The highest BCUT2D eigenvalue weighted by Crippen LogP contribution is 2.30. The Hall–Kier alpha value is -3.09. The highest BCUT2D eigenvalue weighted by atomic mass is 32.2. The highest BCUT2D eigenvalue weighted by molar-refractivity contribution is 7.89. The summed E-state index contributed by atoms with van der Waals surface area (Å²) in [6, 6.07) is 14.6. The Labute approximate surface area is 202 Å². The van der Waals surface area contributed by atoms with Crippen LogP contribution in [0.1, 0.15) is 35.2 Å². The summed E-state index contributed by atoms with van der Waals surface area (Å²) in [5.74, 6) is -0.126. The maximum Gasteiger partial charge on any atom is 0.256 e. The minimum absolute atomic E-state index is 0.126. The Balaban J connectivity index is 1.59. The van der Waals surface area contributed by atoms with Crippen LogP contribution in [0, 0.1) is 11.3 Å². The van der Waals surface area contributed by atoms with Crippen LogP contribution in [0.5, 0.6) is 0 Å². The summed E-state index contributed by atoms with van der Waals surface area (Å²) in [5.41, 5.74) is 2.92. The fourth-order valence-electron chi connectivity index (χ4n) is 4.59. The van der Waals surface area contributed by atoms with Crippen molar-refractivity contribution < 1.29 is 13.2 Å². The van der Waals surface area contributed by atoms with Gasteiger partial charge in [-0.3, -0.25) is 4.79 Å². The van der Waals surface area contributed by atoms with Gasteiger partial charge >= 0.3 is 0 Å². The molecule has 2 saturated heterocycles. The zero-order valence-electron chi connectivity index (χ0n) is 19.8. The monoisotopic (exact) mass is 481 g/mol. The van der Waals surface area contributed by atoms with Crippen molar-refractivity contribution in [1.82, 2.24) is 9.21 Å². The maximum absolute atomic E-state index is 13.7. The number of sulfonamides is 1. The van der Waals surface area contributed by atoms with E-state index in [0.717, 1.165) is 50.3 Å². The molecular weight excluding hydrogens is 450 g/mol. The number of benzene rings is 2. The predicted molar refractivity (Wildman–Crippen MR) is 133 cm³/mol. The molecule has 0 saturated carbocycles. The number of rotatable bonds is 5. The highest BCUT2D eigenvalue weighted by Gasteiger charge is 2.28. The molecule has 1 amide bonds. The molecule has 34 heavy (non-hydrogen) atoms. The second kappa shape index (κ2) is 10.0. The molecule has 2 heterocycles. The molecule has 0 aliphatic carbocycles. The number of nitriles is 1. The van der Waals surface area contributed by atoms with Gasteiger partial charge in [-0.25, -0.2) is 12.7 Å². The van der Waals surface area contributed by atoms with Crippen molar-refractivity contribution in [2.45, 2.75) is 24.2 Å². The van der Waals surface area contributed by atoms with Crippen molar-refractivity contribution in [3.05, 3.63) is 53.6 Å². The number of amides is 1. The van der Waals surface area contributed by atoms with Crippen LogP contribution in [0.4, 0.5) is 11.4 Å². The Morgan fingerprint density at radius 3 is 2.21 bits per heavy atom. The summed E-state index contributed by atoms with van der Waals surface area (Å²) in [6.45, 7) is 4.37. The zero-order chi connectivity index (χ0) is 24.3. The van der Waals surface area contributed by atoms with E-state index in [1.807, 2.05) is 29.2 Å². The van der Waals surface area contributed by atoms with E-state index in [4.69, 9.17) is 5.26 Å². The second-order valence-electron chi connectivity index (χ2n) is 8.95. The molecule has 0 spiro atoms. The van der Waals surface area contributed by atoms with Gasteiger partial charge in [-0.05, 0) is 61.7 Å². The first-order valence-corrected chi connectivity index (χ1v) is 13.1. The molecule has 2 aromatic rings. The summed E-state index contributed by atoms with van der Waals surface area (Å²) in [7, 11) is -0.653. The lowest BCUT2D eigenvalue weighted by Crippen LogP contribution is -2.36. The van der Waals surface area contributed by atoms with Crippen LogP contribution in [0.2, 0.25) is 0 Å². The van der Waals surface area contributed by atoms with E-state index in [1.54, 1.807) is 18.2 Å². The first kappa shape index (κ1) is 24.0. The molecule has 0 aromatic heterocycles. The van der Waals surface area contributed by atoms with Gasteiger partial charge < -0.3 is 14.7 Å². The summed E-state index contributed by atoms with van der Waals surface area (Å²) in [5, 5.41) is 9.04. The summed E-state index contributed by atoms with van der Waals surface area (Å²) >= 11 is 0. The van der Waals surface area contributed by atoms with Gasteiger partial charge in [0.15, 0.2) is 0 Å². The predicted octanol–water partition coefficient (Wildman–Crippen LogP) is 2.76. The fourth-order valence-corrected chi connectivity index (χ4v) is 5.52. The van der Waals surface area contributed by atoms with Gasteiger partial charge in [0, 0.05) is 64.7 Å². The fraction of sp³-hybridized carbons (Fsp3) is 0.440. The molecule has 0 N–H and O–H groups in total. The van der Waals surface area contributed by atoms with Crippen molar-refractivity contribution in [3.63, 3.8) is 0 Å². The number of carbonyl (C=O) groups is 1. The summed E-state index contributed by atoms with van der Waals surface area (Å²) < 4.78 is 26.7. The smallest absolute Gasteiger partial charge is 0.256 e. The number of nitrogens with zero attached hydrogens (tertiary/aromatic N) is 5. The Kier molecular flexibility index (Phi) is 7.10. The van der Waals surface area contributed by atoms with E-state index in [2.05, 4.69) is 15.9 Å². The van der Waals surface area contributed by atoms with Crippen molar-refractivity contribution >= 4 is 27.3 Å². The lowest BCUT2D eigenvalue weighted by Gasteiger charge is -2.27. The van der Waals surface area contributed by atoms with Crippen LogP contribution >= 0.6 is 0 Å². The van der Waals surface area contributed by atoms with Gasteiger partial charge in [0.2, 0.25) is 10.0 Å². The first-order chi connectivity index (χ1) is 16.3. The summed E-state index contributed by atoms with van der Waals surface area (Å²) in [6.07, 6.45) is 2.93. The lowest BCUT2D eigenvalue weighted by atomic mass is 10.1. The molecule has 2 aliphatic heterocycles. The molecule has 9 heteroatoms. The third kappa shape index (κ3) is 4.88. The molecule has 0 atom stereocenters. The summed E-state index contributed by atoms with van der Waals surface area (Å²) in [4.78, 5) is 20.1. The number of carbonyl (C=O) groups excluding carboxylic acids is 1. The van der Waals surface area contributed by atoms with Crippen molar-refractivity contribution in [3.8, 4) is 6.07 Å². The van der Waals surface area contributed by atoms with E-state index in [0.29, 0.717) is 30.8 Å². The van der Waals surface area contributed by atoms with Crippen molar-refractivity contribution in [2.24, 2.45) is 0 Å². The molecule has 180 valence electrons. The Bertz CT molecular complexity index is 1180. The first-order valence-electron chi connectivity index (χ1n) is 11.7. The second-order valence-corrected chi connectivity index (χ2v) is 11.1. The molecule has 4 rings (SSSR count). The molecule has 2 fully saturated rings. The van der Waals surface area contributed by atoms with Crippen molar-refractivity contribution in [2.75, 3.05) is 63.2 Å². The topological polar surface area (TPSA) is 88.0 Å². The largest absolute Gasteiger partial charge is 0.371 e. The molecule has 8 nitrogen and oxygen atoms in total. The van der Waals surface area contributed by atoms with E-state index in [-0.39, 0.29) is 10.8 Å². The normalized spacial score (nSPS) is 17.1. The molecule has 0 radical (unpaired) electrons. The SMILES string of the molecule is CN(C)S(=O)(=O)c1ccc(N2CCCC2)c(C(=O)N2CCCN(c3ccc(C#N)cc3)CC2)c1. The van der Waals surface area contributed by atoms with E-state index in [1.165, 1.54) is 18.4 Å². The molecule has 2 aliphatic rings. The minimum Gasteiger partial charge on any atom is -0.371 e. The van der Waals surface area contributed by atoms with Crippen LogP contribution in [0.15, 0.2) is 47.4 Å². The van der Waals surface area contributed by atoms with Gasteiger partial charge in [-0.2, -0.15) is 5.26 Å². The van der Waals surface area contributed by atoms with Crippen molar-refractivity contribution in [1.29, 1.82) is 5.26 Å². The van der Waals surface area contributed by atoms with E-state index < -0.39 is 10.0 Å². The molecule has 2 aromatic carbocycles. The van der Waals surface area contributed by atoms with Crippen LogP contribution < -0.4 is 9.80 Å². The maximum atomic E-state index is 13.7. The standard InChI is InChI=1S/C25H31N5O3S/c1-27(2)34(32,33)22-10-11-24(29-12-3-4-13-29)23(18-22)25(31)30-15-5-14-28(16-17-30)21-8-6-20(19-26)7-9-21/h6-11,18H,3-5,12-17H2,1-2H3. The zero-order valence-corrected chi connectivity index (χ0v) is 20.6. The number of anilines is 2.